The van der Waals surface area contributed by atoms with Crippen molar-refractivity contribution in [3.63, 3.8) is 0 Å². The summed E-state index contributed by atoms with van der Waals surface area (Å²) in [7, 11) is 0. The van der Waals surface area contributed by atoms with Crippen LogP contribution in [-0.2, 0) is 11.3 Å². The van der Waals surface area contributed by atoms with Crippen molar-refractivity contribution in [3.05, 3.63) is 24.5 Å². The van der Waals surface area contributed by atoms with Gasteiger partial charge in [-0.05, 0) is 38.3 Å². The number of amides is 1. The Labute approximate surface area is 165 Å². The Morgan fingerprint density at radius 2 is 1.93 bits per heavy atom. The fourth-order valence-electron chi connectivity index (χ4n) is 3.47. The molecule has 0 spiro atoms. The lowest BCUT2D eigenvalue weighted by molar-refractivity contribution is -0.121. The summed E-state index contributed by atoms with van der Waals surface area (Å²) >= 11 is 1.49. The summed E-state index contributed by atoms with van der Waals surface area (Å²) in [5, 5.41) is 12.6. The molecule has 0 aliphatic heterocycles. The van der Waals surface area contributed by atoms with E-state index in [1.807, 2.05) is 19.1 Å². The van der Waals surface area contributed by atoms with Gasteiger partial charge in [0, 0.05) is 30.5 Å². The Hall–Kier alpha value is -1.89. The molecule has 0 radical (unpaired) electrons. The van der Waals surface area contributed by atoms with Gasteiger partial charge in [0.05, 0.1) is 5.25 Å². The van der Waals surface area contributed by atoms with Gasteiger partial charge in [-0.3, -0.25) is 9.78 Å². The molecule has 1 amide bonds. The van der Waals surface area contributed by atoms with Crippen molar-refractivity contribution in [2.75, 3.05) is 0 Å². The Bertz CT molecular complexity index is 725. The number of aromatic nitrogens is 4. The maximum absolute atomic E-state index is 12.7. The third kappa shape index (κ3) is 5.31. The summed E-state index contributed by atoms with van der Waals surface area (Å²) in [4.78, 5) is 16.7. The summed E-state index contributed by atoms with van der Waals surface area (Å²) in [5.41, 5.74) is 0.994. The van der Waals surface area contributed by atoms with Crippen LogP contribution in [0.15, 0.2) is 29.7 Å². The number of hydrogen-bond acceptors (Lipinski definition) is 5. The fraction of sp³-hybridized carbons (Fsp3) is 0.600. The van der Waals surface area contributed by atoms with Crippen molar-refractivity contribution < 1.29 is 4.79 Å². The molecule has 1 aliphatic carbocycles. The number of pyridine rings is 1. The molecule has 27 heavy (non-hydrogen) atoms. The zero-order chi connectivity index (χ0) is 19.1. The Balaban J connectivity index is 1.68. The van der Waals surface area contributed by atoms with Gasteiger partial charge < -0.3 is 9.88 Å². The minimum absolute atomic E-state index is 0.100. The lowest BCUT2D eigenvalue weighted by atomic mass is 10.1. The molecule has 1 atom stereocenters. The third-order valence-corrected chi connectivity index (χ3v) is 6.04. The molecule has 1 N–H and O–H groups in total. The summed E-state index contributed by atoms with van der Waals surface area (Å²) in [6.45, 7) is 4.91. The maximum Gasteiger partial charge on any atom is 0.233 e. The van der Waals surface area contributed by atoms with Crippen LogP contribution in [0.25, 0.3) is 11.4 Å². The van der Waals surface area contributed by atoms with Crippen LogP contribution in [0.2, 0.25) is 0 Å². The Kier molecular flexibility index (Phi) is 7.26. The average Bonchev–Trinajstić information content (AvgIpc) is 2.89. The summed E-state index contributed by atoms with van der Waals surface area (Å²) in [6, 6.07) is 4.20. The predicted octanol–water partition coefficient (Wildman–Crippen LogP) is 4.07. The van der Waals surface area contributed by atoms with E-state index in [1.54, 1.807) is 12.4 Å². The lowest BCUT2D eigenvalue weighted by Gasteiger charge is -2.19. The topological polar surface area (TPSA) is 72.7 Å². The third-order valence-electron chi connectivity index (χ3n) is 4.96. The second-order valence-electron chi connectivity index (χ2n) is 7.15. The smallest absolute Gasteiger partial charge is 0.233 e. The number of carbonyl (C=O) groups is 1. The standard InChI is InChI=1S/C20H29N5OS/c1-3-14-25-18(16-10-12-21-13-11-16)23-24-20(25)27-15(2)19(26)22-17-8-6-4-5-7-9-17/h10-13,15,17H,3-9,14H2,1-2H3,(H,22,26)/t15-/m0/s1. The van der Waals surface area contributed by atoms with Gasteiger partial charge in [-0.15, -0.1) is 10.2 Å². The highest BCUT2D eigenvalue weighted by atomic mass is 32.2. The molecule has 1 aliphatic rings. The first kappa shape index (κ1) is 19.9. The fourth-order valence-corrected chi connectivity index (χ4v) is 4.35. The van der Waals surface area contributed by atoms with E-state index in [9.17, 15) is 4.79 Å². The van der Waals surface area contributed by atoms with Crippen LogP contribution in [0.3, 0.4) is 0 Å². The molecule has 2 heterocycles. The zero-order valence-corrected chi connectivity index (χ0v) is 17.0. The first-order chi connectivity index (χ1) is 13.2. The number of nitrogens with one attached hydrogen (secondary N) is 1. The predicted molar refractivity (Wildman–Crippen MR) is 108 cm³/mol. The van der Waals surface area contributed by atoms with Gasteiger partial charge in [0.25, 0.3) is 0 Å². The van der Waals surface area contributed by atoms with Crippen LogP contribution in [0.4, 0.5) is 0 Å². The highest BCUT2D eigenvalue weighted by Crippen LogP contribution is 2.27. The van der Waals surface area contributed by atoms with E-state index < -0.39 is 0 Å². The molecule has 0 unspecified atom stereocenters. The SMILES string of the molecule is CCCn1c(S[C@@H](C)C(=O)NC2CCCCCC2)nnc1-c1ccncc1. The van der Waals surface area contributed by atoms with E-state index in [2.05, 4.69) is 32.0 Å². The first-order valence-corrected chi connectivity index (χ1v) is 10.9. The largest absolute Gasteiger partial charge is 0.352 e. The monoisotopic (exact) mass is 387 g/mol. The van der Waals surface area contributed by atoms with Crippen molar-refractivity contribution in [1.82, 2.24) is 25.1 Å². The highest BCUT2D eigenvalue weighted by Gasteiger charge is 2.23. The van der Waals surface area contributed by atoms with E-state index in [0.717, 1.165) is 42.4 Å². The Morgan fingerprint density at radius 3 is 2.59 bits per heavy atom. The summed E-state index contributed by atoms with van der Waals surface area (Å²) < 4.78 is 2.11. The summed E-state index contributed by atoms with van der Waals surface area (Å²) in [6.07, 6.45) is 11.7. The van der Waals surface area contributed by atoms with Crippen molar-refractivity contribution in [3.8, 4) is 11.4 Å². The van der Waals surface area contributed by atoms with Crippen LogP contribution in [0.5, 0.6) is 0 Å². The molecule has 0 bridgehead atoms. The molecule has 6 nitrogen and oxygen atoms in total. The van der Waals surface area contributed by atoms with E-state index in [-0.39, 0.29) is 11.2 Å². The van der Waals surface area contributed by atoms with E-state index in [4.69, 9.17) is 0 Å². The molecular weight excluding hydrogens is 358 g/mol. The maximum atomic E-state index is 12.7. The first-order valence-electron chi connectivity index (χ1n) is 9.99. The summed E-state index contributed by atoms with van der Waals surface area (Å²) in [5.74, 6) is 0.932. The zero-order valence-electron chi connectivity index (χ0n) is 16.2. The molecule has 0 saturated heterocycles. The van der Waals surface area contributed by atoms with Gasteiger partial charge >= 0.3 is 0 Å². The van der Waals surface area contributed by atoms with Crippen molar-refractivity contribution in [1.29, 1.82) is 0 Å². The van der Waals surface area contributed by atoms with Crippen molar-refractivity contribution >= 4 is 17.7 Å². The quantitative estimate of drug-likeness (QED) is 0.573. The highest BCUT2D eigenvalue weighted by molar-refractivity contribution is 8.00. The average molecular weight is 388 g/mol. The molecule has 7 heteroatoms. The second-order valence-corrected chi connectivity index (χ2v) is 8.46. The number of thioether (sulfide) groups is 1. The Morgan fingerprint density at radius 1 is 1.22 bits per heavy atom. The van der Waals surface area contributed by atoms with E-state index in [1.165, 1.54) is 37.4 Å². The van der Waals surface area contributed by atoms with Gasteiger partial charge in [-0.2, -0.15) is 0 Å². The van der Waals surface area contributed by atoms with Gasteiger partial charge in [-0.1, -0.05) is 44.4 Å². The van der Waals surface area contributed by atoms with E-state index in [0.29, 0.717) is 6.04 Å². The van der Waals surface area contributed by atoms with Crippen LogP contribution >= 0.6 is 11.8 Å². The molecule has 2 aromatic rings. The second kappa shape index (κ2) is 9.88. The van der Waals surface area contributed by atoms with Crippen LogP contribution < -0.4 is 5.32 Å². The van der Waals surface area contributed by atoms with Gasteiger partial charge in [0.2, 0.25) is 5.91 Å². The molecule has 1 fully saturated rings. The molecule has 2 aromatic heterocycles. The van der Waals surface area contributed by atoms with E-state index >= 15 is 0 Å². The van der Waals surface area contributed by atoms with Gasteiger partial charge in [0.1, 0.15) is 0 Å². The van der Waals surface area contributed by atoms with Crippen LogP contribution in [-0.4, -0.2) is 36.9 Å². The normalized spacial score (nSPS) is 16.7. The lowest BCUT2D eigenvalue weighted by Crippen LogP contribution is -2.39. The minimum Gasteiger partial charge on any atom is -0.352 e. The molecule has 0 aromatic carbocycles. The minimum atomic E-state index is -0.196. The number of nitrogens with zero attached hydrogens (tertiary/aromatic N) is 4. The number of rotatable bonds is 7. The van der Waals surface area contributed by atoms with Crippen LogP contribution in [0, 0.1) is 0 Å². The molecule has 1 saturated carbocycles. The molecular formula is C20H29N5OS. The van der Waals surface area contributed by atoms with Crippen LogP contribution in [0.1, 0.15) is 58.8 Å². The number of hydrogen-bond donors (Lipinski definition) is 1. The van der Waals surface area contributed by atoms with Crippen molar-refractivity contribution in [2.24, 2.45) is 0 Å². The molecule has 3 rings (SSSR count). The van der Waals surface area contributed by atoms with Gasteiger partial charge in [0.15, 0.2) is 11.0 Å². The number of carbonyl (C=O) groups excluding carboxylic acids is 1. The molecule has 146 valence electrons. The van der Waals surface area contributed by atoms with Gasteiger partial charge in [-0.25, -0.2) is 0 Å². The van der Waals surface area contributed by atoms with Crippen molar-refractivity contribution in [2.45, 2.75) is 81.8 Å².